The summed E-state index contributed by atoms with van der Waals surface area (Å²) in [5, 5.41) is 12.1. The van der Waals surface area contributed by atoms with Crippen molar-refractivity contribution in [3.63, 3.8) is 0 Å². The van der Waals surface area contributed by atoms with Gasteiger partial charge in [0.25, 0.3) is 5.91 Å². The molecule has 2 aromatic carbocycles. The second kappa shape index (κ2) is 9.76. The molecule has 0 spiro atoms. The van der Waals surface area contributed by atoms with Crippen molar-refractivity contribution in [1.29, 1.82) is 5.26 Å². The van der Waals surface area contributed by atoms with Crippen molar-refractivity contribution >= 4 is 33.5 Å². The first-order chi connectivity index (χ1) is 13.3. The Labute approximate surface area is 171 Å². The van der Waals surface area contributed by atoms with E-state index >= 15 is 0 Å². The molecular formula is C20H20BrN3O4. The van der Waals surface area contributed by atoms with Crippen LogP contribution in [0.4, 0.5) is 5.69 Å². The average molecular weight is 446 g/mol. The number of ether oxygens (including phenoxy) is 2. The highest BCUT2D eigenvalue weighted by Crippen LogP contribution is 2.35. The van der Waals surface area contributed by atoms with Crippen molar-refractivity contribution in [2.75, 3.05) is 11.9 Å². The summed E-state index contributed by atoms with van der Waals surface area (Å²) in [4.78, 5) is 22.9. The Morgan fingerprint density at radius 2 is 1.96 bits per heavy atom. The van der Waals surface area contributed by atoms with Crippen molar-refractivity contribution in [1.82, 2.24) is 0 Å². The van der Waals surface area contributed by atoms with Gasteiger partial charge in [0.1, 0.15) is 5.75 Å². The number of nitrogens with zero attached hydrogens (tertiary/aromatic N) is 1. The maximum Gasteiger partial charge on any atom is 0.304 e. The smallest absolute Gasteiger partial charge is 0.304 e. The van der Waals surface area contributed by atoms with Crippen LogP contribution >= 0.6 is 15.9 Å². The van der Waals surface area contributed by atoms with E-state index in [0.29, 0.717) is 29.0 Å². The number of hydrogen-bond donors (Lipinski definition) is 2. The zero-order valence-corrected chi connectivity index (χ0v) is 17.1. The van der Waals surface area contributed by atoms with Crippen molar-refractivity contribution in [2.24, 2.45) is 5.73 Å². The van der Waals surface area contributed by atoms with Crippen LogP contribution in [0.5, 0.6) is 5.75 Å². The van der Waals surface area contributed by atoms with Gasteiger partial charge >= 0.3 is 5.97 Å². The maximum atomic E-state index is 11.7. The third-order valence-corrected chi connectivity index (χ3v) is 4.23. The van der Waals surface area contributed by atoms with Crippen LogP contribution in [0, 0.1) is 11.3 Å². The lowest BCUT2D eigenvalue weighted by atomic mass is 10.0. The zero-order valence-electron chi connectivity index (χ0n) is 15.5. The number of carbonyl (C=O) groups excluding carboxylic acids is 2. The second-order valence-corrected chi connectivity index (χ2v) is 6.83. The standard InChI is InChI=1S/C20H20BrN3O4/c1-3-14-8-15(21)9-17(19(14)27-11-18(23)26)20(28-12(2)25)24-16-6-4-13(10-22)5-7-16/h4-9,20,24H,3,11H2,1-2H3,(H2,23,26). The molecule has 0 aliphatic heterocycles. The Hall–Kier alpha value is -3.05. The topological polar surface area (TPSA) is 114 Å². The number of esters is 1. The quantitative estimate of drug-likeness (QED) is 0.475. The summed E-state index contributed by atoms with van der Waals surface area (Å²) >= 11 is 3.46. The third kappa shape index (κ3) is 5.72. The van der Waals surface area contributed by atoms with Gasteiger partial charge in [-0.05, 0) is 48.4 Å². The molecule has 1 unspecified atom stereocenters. The minimum atomic E-state index is -0.879. The molecule has 28 heavy (non-hydrogen) atoms. The van der Waals surface area contributed by atoms with Gasteiger partial charge in [-0.3, -0.25) is 9.59 Å². The molecule has 0 radical (unpaired) electrons. The fourth-order valence-electron chi connectivity index (χ4n) is 2.58. The van der Waals surface area contributed by atoms with E-state index in [0.717, 1.165) is 10.0 Å². The number of nitrogens with two attached hydrogens (primary N) is 1. The fraction of sp³-hybridized carbons (Fsp3) is 0.250. The number of nitriles is 1. The molecule has 0 saturated carbocycles. The van der Waals surface area contributed by atoms with Crippen LogP contribution in [0.15, 0.2) is 40.9 Å². The lowest BCUT2D eigenvalue weighted by molar-refractivity contribution is -0.145. The summed E-state index contributed by atoms with van der Waals surface area (Å²) in [6.45, 7) is 2.94. The number of amides is 1. The van der Waals surface area contributed by atoms with Gasteiger partial charge in [-0.1, -0.05) is 22.9 Å². The molecule has 1 atom stereocenters. The monoisotopic (exact) mass is 445 g/mol. The number of anilines is 1. The van der Waals surface area contributed by atoms with Gasteiger partial charge in [0.05, 0.1) is 17.2 Å². The van der Waals surface area contributed by atoms with Gasteiger partial charge in [0.2, 0.25) is 6.23 Å². The number of benzene rings is 2. The Kier molecular flexibility index (Phi) is 7.41. The highest BCUT2D eigenvalue weighted by molar-refractivity contribution is 9.10. The molecule has 2 rings (SSSR count). The van der Waals surface area contributed by atoms with Crippen LogP contribution in [0.2, 0.25) is 0 Å². The molecular weight excluding hydrogens is 426 g/mol. The number of aryl methyl sites for hydroxylation is 1. The lowest BCUT2D eigenvalue weighted by Gasteiger charge is -2.24. The number of rotatable bonds is 8. The molecule has 0 aromatic heterocycles. The van der Waals surface area contributed by atoms with E-state index in [4.69, 9.17) is 20.5 Å². The molecule has 0 bridgehead atoms. The molecule has 0 aliphatic carbocycles. The van der Waals surface area contributed by atoms with Crippen LogP contribution in [-0.2, 0) is 20.7 Å². The van der Waals surface area contributed by atoms with Crippen molar-refractivity contribution in [3.8, 4) is 11.8 Å². The van der Waals surface area contributed by atoms with Crippen molar-refractivity contribution < 1.29 is 19.1 Å². The molecule has 2 aromatic rings. The number of primary amides is 1. The van der Waals surface area contributed by atoms with E-state index in [2.05, 4.69) is 21.2 Å². The predicted octanol–water partition coefficient (Wildman–Crippen LogP) is 3.42. The van der Waals surface area contributed by atoms with Crippen LogP contribution in [0.1, 0.15) is 36.8 Å². The minimum Gasteiger partial charge on any atom is -0.483 e. The molecule has 0 aliphatic rings. The van der Waals surface area contributed by atoms with Gasteiger partial charge in [0.15, 0.2) is 6.61 Å². The Bertz CT molecular complexity index is 907. The lowest BCUT2D eigenvalue weighted by Crippen LogP contribution is -2.23. The van der Waals surface area contributed by atoms with Crippen LogP contribution in [0.3, 0.4) is 0 Å². The van der Waals surface area contributed by atoms with Crippen molar-refractivity contribution in [2.45, 2.75) is 26.5 Å². The summed E-state index contributed by atoms with van der Waals surface area (Å²) in [5.41, 5.74) is 7.73. The van der Waals surface area contributed by atoms with E-state index in [9.17, 15) is 9.59 Å². The van der Waals surface area contributed by atoms with E-state index in [1.54, 1.807) is 30.3 Å². The van der Waals surface area contributed by atoms with Gasteiger partial charge < -0.3 is 20.5 Å². The molecule has 0 heterocycles. The van der Waals surface area contributed by atoms with Gasteiger partial charge in [0, 0.05) is 17.1 Å². The number of carbonyl (C=O) groups is 2. The maximum absolute atomic E-state index is 11.7. The number of halogens is 1. The fourth-order valence-corrected chi connectivity index (χ4v) is 3.10. The molecule has 1 amide bonds. The number of hydrogen-bond acceptors (Lipinski definition) is 6. The Morgan fingerprint density at radius 3 is 2.50 bits per heavy atom. The Balaban J connectivity index is 2.48. The van der Waals surface area contributed by atoms with Crippen molar-refractivity contribution in [3.05, 3.63) is 57.6 Å². The molecule has 0 fully saturated rings. The first kappa shape index (κ1) is 21.3. The highest BCUT2D eigenvalue weighted by atomic mass is 79.9. The average Bonchev–Trinajstić information content (AvgIpc) is 2.65. The molecule has 0 saturated heterocycles. The van der Waals surface area contributed by atoms with E-state index < -0.39 is 18.1 Å². The molecule has 146 valence electrons. The van der Waals surface area contributed by atoms with E-state index in [1.807, 2.05) is 19.1 Å². The van der Waals surface area contributed by atoms with Gasteiger partial charge in [-0.2, -0.15) is 5.26 Å². The summed E-state index contributed by atoms with van der Waals surface area (Å²) in [6, 6.07) is 12.4. The zero-order chi connectivity index (χ0) is 20.7. The largest absolute Gasteiger partial charge is 0.483 e. The minimum absolute atomic E-state index is 0.300. The summed E-state index contributed by atoms with van der Waals surface area (Å²) in [6.07, 6.45) is -0.249. The number of nitrogens with one attached hydrogen (secondary N) is 1. The second-order valence-electron chi connectivity index (χ2n) is 5.91. The highest BCUT2D eigenvalue weighted by Gasteiger charge is 2.23. The first-order valence-electron chi connectivity index (χ1n) is 8.51. The summed E-state index contributed by atoms with van der Waals surface area (Å²) < 4.78 is 11.9. The summed E-state index contributed by atoms with van der Waals surface area (Å²) in [7, 11) is 0. The molecule has 3 N–H and O–H groups in total. The van der Waals surface area contributed by atoms with E-state index in [1.165, 1.54) is 6.92 Å². The van der Waals surface area contributed by atoms with Crippen LogP contribution in [-0.4, -0.2) is 18.5 Å². The SMILES string of the molecule is CCc1cc(Br)cc(C(Nc2ccc(C#N)cc2)OC(C)=O)c1OCC(N)=O. The van der Waals surface area contributed by atoms with Gasteiger partial charge in [-0.25, -0.2) is 0 Å². The predicted molar refractivity (Wildman–Crippen MR) is 107 cm³/mol. The van der Waals surface area contributed by atoms with Crippen LogP contribution in [0.25, 0.3) is 0 Å². The third-order valence-electron chi connectivity index (χ3n) is 3.78. The van der Waals surface area contributed by atoms with Crippen LogP contribution < -0.4 is 15.8 Å². The normalized spacial score (nSPS) is 11.2. The summed E-state index contributed by atoms with van der Waals surface area (Å²) in [5.74, 6) is -0.679. The molecule has 8 heteroatoms. The first-order valence-corrected chi connectivity index (χ1v) is 9.30. The Morgan fingerprint density at radius 1 is 1.29 bits per heavy atom. The van der Waals surface area contributed by atoms with E-state index in [-0.39, 0.29) is 6.61 Å². The molecule has 7 nitrogen and oxygen atoms in total. The van der Waals surface area contributed by atoms with Gasteiger partial charge in [-0.15, -0.1) is 0 Å².